The number of thioether (sulfide) groups is 1. The fourth-order valence-corrected chi connectivity index (χ4v) is 2.26. The third-order valence-electron chi connectivity index (χ3n) is 1.35. The Morgan fingerprint density at radius 3 is 2.75 bits per heavy atom. The van der Waals surface area contributed by atoms with Gasteiger partial charge in [-0.05, 0) is 34.9 Å². The molecule has 0 spiro atoms. The summed E-state index contributed by atoms with van der Waals surface area (Å²) in [7, 11) is 0. The molecule has 0 aliphatic rings. The number of nitro groups is 1. The van der Waals surface area contributed by atoms with E-state index in [0.29, 0.717) is 0 Å². The normalized spacial score (nSPS) is 9.83. The third-order valence-corrected chi connectivity index (χ3v) is 3.43. The van der Waals surface area contributed by atoms with Crippen LogP contribution in [0.15, 0.2) is 23.1 Å². The molecule has 1 aromatic carbocycles. The van der Waals surface area contributed by atoms with Crippen molar-refractivity contribution in [1.29, 1.82) is 0 Å². The first-order chi connectivity index (χ1) is 5.65. The number of benzene rings is 1. The van der Waals surface area contributed by atoms with E-state index >= 15 is 0 Å². The summed E-state index contributed by atoms with van der Waals surface area (Å²) in [5.41, 5.74) is 0.153. The van der Waals surface area contributed by atoms with Crippen LogP contribution in [0.5, 0.6) is 0 Å². The van der Waals surface area contributed by atoms with E-state index < -0.39 is 0 Å². The van der Waals surface area contributed by atoms with Crippen molar-refractivity contribution in [3.8, 4) is 0 Å². The van der Waals surface area contributed by atoms with Gasteiger partial charge >= 0.3 is 0 Å². The predicted octanol–water partition coefficient (Wildman–Crippen LogP) is 2.92. The average molecular weight is 295 g/mol. The standard InChI is InChI=1S/C7H6INO2S/c1-12-7-4-5(9(10)11)2-3-6(7)8/h2-4H,1H3. The van der Waals surface area contributed by atoms with E-state index in [4.69, 9.17) is 0 Å². The molecule has 0 amide bonds. The molecule has 0 fully saturated rings. The third kappa shape index (κ3) is 2.10. The minimum atomic E-state index is -0.379. The van der Waals surface area contributed by atoms with Crippen LogP contribution in [0.3, 0.4) is 0 Å². The lowest BCUT2D eigenvalue weighted by Gasteiger charge is -1.98. The highest BCUT2D eigenvalue weighted by atomic mass is 127. The second-order valence-electron chi connectivity index (χ2n) is 2.08. The van der Waals surface area contributed by atoms with Crippen molar-refractivity contribution in [3.05, 3.63) is 31.9 Å². The number of hydrogen-bond acceptors (Lipinski definition) is 3. The molecule has 5 heteroatoms. The molecule has 12 heavy (non-hydrogen) atoms. The van der Waals surface area contributed by atoms with Gasteiger partial charge in [0.15, 0.2) is 0 Å². The lowest BCUT2D eigenvalue weighted by atomic mass is 10.3. The largest absolute Gasteiger partial charge is 0.270 e. The highest BCUT2D eigenvalue weighted by molar-refractivity contribution is 14.1. The van der Waals surface area contributed by atoms with Gasteiger partial charge in [-0.1, -0.05) is 0 Å². The molecule has 0 aliphatic heterocycles. The summed E-state index contributed by atoms with van der Waals surface area (Å²) in [5.74, 6) is 0. The van der Waals surface area contributed by atoms with Gasteiger partial charge in [0.25, 0.3) is 5.69 Å². The number of nitro benzene ring substituents is 1. The summed E-state index contributed by atoms with van der Waals surface area (Å²) < 4.78 is 1.05. The molecule has 0 saturated heterocycles. The van der Waals surface area contributed by atoms with Crippen LogP contribution in [0.25, 0.3) is 0 Å². The molecule has 1 rings (SSSR count). The molecule has 0 bridgehead atoms. The second-order valence-corrected chi connectivity index (χ2v) is 4.09. The molecule has 0 aromatic heterocycles. The van der Waals surface area contributed by atoms with Gasteiger partial charge in [-0.2, -0.15) is 0 Å². The zero-order chi connectivity index (χ0) is 9.14. The first-order valence-electron chi connectivity index (χ1n) is 3.13. The molecule has 0 radical (unpaired) electrons. The highest BCUT2D eigenvalue weighted by Gasteiger charge is 2.07. The minimum absolute atomic E-state index is 0.153. The van der Waals surface area contributed by atoms with Crippen LogP contribution in [0, 0.1) is 13.7 Å². The maximum atomic E-state index is 10.4. The topological polar surface area (TPSA) is 43.1 Å². The maximum absolute atomic E-state index is 10.4. The van der Waals surface area contributed by atoms with Gasteiger partial charge in [-0.15, -0.1) is 11.8 Å². The Bertz CT molecular complexity index is 316. The second kappa shape index (κ2) is 4.08. The number of hydrogen-bond donors (Lipinski definition) is 0. The SMILES string of the molecule is CSc1cc([N+](=O)[O-])ccc1I. The highest BCUT2D eigenvalue weighted by Crippen LogP contribution is 2.26. The lowest BCUT2D eigenvalue weighted by Crippen LogP contribution is -1.88. The van der Waals surface area contributed by atoms with E-state index in [1.165, 1.54) is 17.8 Å². The zero-order valence-corrected chi connectivity index (χ0v) is 9.26. The van der Waals surface area contributed by atoms with Crippen LogP contribution in [-0.4, -0.2) is 11.2 Å². The first-order valence-corrected chi connectivity index (χ1v) is 5.43. The maximum Gasteiger partial charge on any atom is 0.270 e. The van der Waals surface area contributed by atoms with E-state index in [1.54, 1.807) is 12.1 Å². The summed E-state index contributed by atoms with van der Waals surface area (Å²) >= 11 is 3.67. The Hall–Kier alpha value is -0.300. The van der Waals surface area contributed by atoms with Crippen molar-refractivity contribution in [2.75, 3.05) is 6.26 Å². The van der Waals surface area contributed by atoms with E-state index in [0.717, 1.165) is 8.47 Å². The Balaban J connectivity index is 3.13. The smallest absolute Gasteiger partial charge is 0.258 e. The molecule has 1 aromatic rings. The molecule has 0 atom stereocenters. The van der Waals surface area contributed by atoms with Crippen molar-refractivity contribution < 1.29 is 4.92 Å². The van der Waals surface area contributed by atoms with Crippen molar-refractivity contribution in [3.63, 3.8) is 0 Å². The monoisotopic (exact) mass is 295 g/mol. The van der Waals surface area contributed by atoms with Gasteiger partial charge in [0.05, 0.1) is 4.92 Å². The van der Waals surface area contributed by atoms with Crippen LogP contribution in [0.2, 0.25) is 0 Å². The van der Waals surface area contributed by atoms with Crippen molar-refractivity contribution in [2.24, 2.45) is 0 Å². The molecule has 0 aliphatic carbocycles. The Morgan fingerprint density at radius 2 is 2.25 bits per heavy atom. The van der Waals surface area contributed by atoms with Gasteiger partial charge in [-0.25, -0.2) is 0 Å². The van der Waals surface area contributed by atoms with E-state index in [-0.39, 0.29) is 10.6 Å². The van der Waals surface area contributed by atoms with Crippen molar-refractivity contribution in [2.45, 2.75) is 4.90 Å². The van der Waals surface area contributed by atoms with Crippen LogP contribution in [0.4, 0.5) is 5.69 Å². The van der Waals surface area contributed by atoms with Crippen LogP contribution in [-0.2, 0) is 0 Å². The van der Waals surface area contributed by atoms with Gasteiger partial charge in [0.1, 0.15) is 0 Å². The first kappa shape index (κ1) is 9.79. The van der Waals surface area contributed by atoms with Crippen molar-refractivity contribution in [1.82, 2.24) is 0 Å². The number of halogens is 1. The van der Waals surface area contributed by atoms with Crippen LogP contribution < -0.4 is 0 Å². The van der Waals surface area contributed by atoms with E-state index in [1.807, 2.05) is 6.26 Å². The molecule has 0 unspecified atom stereocenters. The zero-order valence-electron chi connectivity index (χ0n) is 6.28. The molecular formula is C7H6INO2S. The quantitative estimate of drug-likeness (QED) is 0.365. The summed E-state index contributed by atoms with van der Waals surface area (Å²) in [6, 6.07) is 4.86. The molecule has 0 saturated carbocycles. The van der Waals surface area contributed by atoms with Crippen molar-refractivity contribution >= 4 is 40.0 Å². The van der Waals surface area contributed by atoms with Gasteiger partial charge in [0, 0.05) is 20.6 Å². The summed E-state index contributed by atoms with van der Waals surface area (Å²) in [4.78, 5) is 10.9. The fourth-order valence-electron chi connectivity index (χ4n) is 0.762. The van der Waals surface area contributed by atoms with Gasteiger partial charge < -0.3 is 0 Å². The molecule has 3 nitrogen and oxygen atoms in total. The molecule has 0 heterocycles. The van der Waals surface area contributed by atoms with E-state index in [2.05, 4.69) is 22.6 Å². The summed E-state index contributed by atoms with van der Waals surface area (Å²) in [6.45, 7) is 0. The van der Waals surface area contributed by atoms with Crippen LogP contribution in [0.1, 0.15) is 0 Å². The fraction of sp³-hybridized carbons (Fsp3) is 0.143. The Labute approximate surface area is 87.8 Å². The lowest BCUT2D eigenvalue weighted by molar-refractivity contribution is -0.385. The van der Waals surface area contributed by atoms with Gasteiger partial charge in [0.2, 0.25) is 0 Å². The molecule has 0 N–H and O–H groups in total. The molecule has 64 valence electrons. The summed E-state index contributed by atoms with van der Waals surface area (Å²) in [5, 5.41) is 10.4. The number of nitrogens with zero attached hydrogens (tertiary/aromatic N) is 1. The van der Waals surface area contributed by atoms with Crippen LogP contribution >= 0.6 is 34.4 Å². The Morgan fingerprint density at radius 1 is 1.58 bits per heavy atom. The average Bonchev–Trinajstić information content (AvgIpc) is 2.05. The predicted molar refractivity (Wildman–Crippen MR) is 57.6 cm³/mol. The summed E-state index contributed by atoms with van der Waals surface area (Å²) in [6.07, 6.45) is 1.90. The minimum Gasteiger partial charge on any atom is -0.258 e. The number of non-ortho nitro benzene ring substituents is 1. The van der Waals surface area contributed by atoms with Gasteiger partial charge in [-0.3, -0.25) is 10.1 Å². The van der Waals surface area contributed by atoms with E-state index in [9.17, 15) is 10.1 Å². The number of rotatable bonds is 2. The Kier molecular flexibility index (Phi) is 3.33. The molecular weight excluding hydrogens is 289 g/mol.